The third-order valence-corrected chi connectivity index (χ3v) is 8.36. The Morgan fingerprint density at radius 3 is 2.73 bits per heavy atom. The van der Waals surface area contributed by atoms with Crippen molar-refractivity contribution in [3.05, 3.63) is 59.7 Å². The normalized spacial score (nSPS) is 25.9. The second kappa shape index (κ2) is 9.00. The Balaban J connectivity index is 1.42. The van der Waals surface area contributed by atoms with E-state index in [4.69, 9.17) is 14.2 Å². The van der Waals surface area contributed by atoms with Crippen LogP contribution in [0.3, 0.4) is 0 Å². The van der Waals surface area contributed by atoms with E-state index >= 15 is 0 Å². The van der Waals surface area contributed by atoms with E-state index in [0.29, 0.717) is 29.5 Å². The summed E-state index contributed by atoms with van der Waals surface area (Å²) in [5.41, 5.74) is 3.10. The number of ether oxygens (including phenoxy) is 3. The molecule has 176 valence electrons. The molecule has 8 heteroatoms. The van der Waals surface area contributed by atoms with Gasteiger partial charge in [0.05, 0.1) is 31.3 Å². The molecule has 33 heavy (non-hydrogen) atoms. The van der Waals surface area contributed by atoms with Crippen LogP contribution in [0.5, 0.6) is 11.5 Å². The average Bonchev–Trinajstić information content (AvgIpc) is 3.54. The van der Waals surface area contributed by atoms with Gasteiger partial charge in [0.1, 0.15) is 0 Å². The minimum atomic E-state index is -3.60. The van der Waals surface area contributed by atoms with Crippen LogP contribution in [0.2, 0.25) is 0 Å². The predicted octanol–water partition coefficient (Wildman–Crippen LogP) is 3.99. The fourth-order valence-corrected chi connectivity index (χ4v) is 6.31. The first kappa shape index (κ1) is 22.3. The van der Waals surface area contributed by atoms with Gasteiger partial charge in [0.15, 0.2) is 11.5 Å². The summed E-state index contributed by atoms with van der Waals surface area (Å²) in [6, 6.07) is 11.5. The second-order valence-corrected chi connectivity index (χ2v) is 10.6. The van der Waals surface area contributed by atoms with Gasteiger partial charge in [0, 0.05) is 24.8 Å². The molecule has 3 aliphatic rings. The molecule has 0 radical (unpaired) electrons. The third-order valence-electron chi connectivity index (χ3n) is 6.94. The van der Waals surface area contributed by atoms with Crippen molar-refractivity contribution in [3.63, 3.8) is 0 Å². The maximum Gasteiger partial charge on any atom is 0.240 e. The summed E-state index contributed by atoms with van der Waals surface area (Å²) < 4.78 is 45.1. The first-order valence-electron chi connectivity index (χ1n) is 11.4. The molecule has 0 aromatic heterocycles. The molecular formula is C25H30N2O5S. The van der Waals surface area contributed by atoms with Crippen LogP contribution in [0, 0.1) is 5.92 Å². The zero-order valence-corrected chi connectivity index (χ0v) is 19.7. The summed E-state index contributed by atoms with van der Waals surface area (Å²) in [5.74, 6) is 1.83. The molecule has 0 amide bonds. The molecule has 7 nitrogen and oxygen atoms in total. The van der Waals surface area contributed by atoms with E-state index in [1.54, 1.807) is 20.3 Å². The van der Waals surface area contributed by atoms with Crippen molar-refractivity contribution in [2.45, 2.75) is 42.2 Å². The summed E-state index contributed by atoms with van der Waals surface area (Å²) in [6.07, 6.45) is 7.15. The fourth-order valence-electron chi connectivity index (χ4n) is 5.21. The van der Waals surface area contributed by atoms with E-state index in [1.807, 2.05) is 24.3 Å². The molecule has 2 N–H and O–H groups in total. The van der Waals surface area contributed by atoms with Gasteiger partial charge in [-0.05, 0) is 66.6 Å². The van der Waals surface area contributed by atoms with Gasteiger partial charge in [0.25, 0.3) is 0 Å². The van der Waals surface area contributed by atoms with Crippen LogP contribution >= 0.6 is 0 Å². The number of benzene rings is 2. The highest BCUT2D eigenvalue weighted by Gasteiger charge is 2.38. The second-order valence-electron chi connectivity index (χ2n) is 8.83. The summed E-state index contributed by atoms with van der Waals surface area (Å²) >= 11 is 0. The fraction of sp³-hybridized carbons (Fsp3) is 0.440. The van der Waals surface area contributed by atoms with E-state index in [2.05, 4.69) is 28.3 Å². The zero-order valence-electron chi connectivity index (χ0n) is 18.9. The predicted molar refractivity (Wildman–Crippen MR) is 127 cm³/mol. The molecule has 4 atom stereocenters. The molecule has 0 spiro atoms. The average molecular weight is 471 g/mol. The van der Waals surface area contributed by atoms with Gasteiger partial charge in [0.2, 0.25) is 10.0 Å². The smallest absolute Gasteiger partial charge is 0.240 e. The quantitative estimate of drug-likeness (QED) is 0.595. The first-order valence-corrected chi connectivity index (χ1v) is 12.9. The zero-order chi connectivity index (χ0) is 23.0. The van der Waals surface area contributed by atoms with Crippen LogP contribution in [0.15, 0.2) is 53.4 Å². The lowest BCUT2D eigenvalue weighted by Gasteiger charge is -2.38. The molecule has 1 fully saturated rings. The number of fused-ring (bicyclic) bond motifs is 3. The first-order chi connectivity index (χ1) is 16.0. The molecule has 2 heterocycles. The van der Waals surface area contributed by atoms with E-state index in [1.165, 1.54) is 0 Å². The molecular weight excluding hydrogens is 440 g/mol. The molecule has 2 aromatic rings. The van der Waals surface area contributed by atoms with E-state index in [-0.39, 0.29) is 24.0 Å². The molecule has 2 aliphatic heterocycles. The molecule has 0 bridgehead atoms. The van der Waals surface area contributed by atoms with Crippen LogP contribution in [0.1, 0.15) is 42.3 Å². The maximum absolute atomic E-state index is 13.0. The molecule has 0 saturated carbocycles. The van der Waals surface area contributed by atoms with Crippen molar-refractivity contribution in [1.82, 2.24) is 4.72 Å². The van der Waals surface area contributed by atoms with Gasteiger partial charge < -0.3 is 19.5 Å². The largest absolute Gasteiger partial charge is 0.493 e. The van der Waals surface area contributed by atoms with Crippen LogP contribution in [0.4, 0.5) is 5.69 Å². The Morgan fingerprint density at radius 1 is 1.12 bits per heavy atom. The van der Waals surface area contributed by atoms with Gasteiger partial charge in [-0.25, -0.2) is 13.1 Å². The summed E-state index contributed by atoms with van der Waals surface area (Å²) in [4.78, 5) is 0.296. The topological polar surface area (TPSA) is 85.9 Å². The lowest BCUT2D eigenvalue weighted by atomic mass is 9.77. The van der Waals surface area contributed by atoms with Crippen molar-refractivity contribution < 1.29 is 22.6 Å². The minimum Gasteiger partial charge on any atom is -0.493 e. The Labute approximate surface area is 195 Å². The Morgan fingerprint density at radius 2 is 1.97 bits per heavy atom. The number of methoxy groups -OCH3 is 2. The Bertz CT molecular complexity index is 1160. The SMILES string of the molecule is COc1ccc(C2Nc3ccc(S(=O)(=O)NCC4CCCO4)cc3C3C=CCC32)cc1OC. The summed E-state index contributed by atoms with van der Waals surface area (Å²) in [6.45, 7) is 1.01. The Kier molecular flexibility index (Phi) is 6.07. The number of hydrogen-bond acceptors (Lipinski definition) is 6. The van der Waals surface area contributed by atoms with Crippen LogP contribution < -0.4 is 19.5 Å². The van der Waals surface area contributed by atoms with Crippen molar-refractivity contribution in [2.24, 2.45) is 5.92 Å². The lowest BCUT2D eigenvalue weighted by molar-refractivity contribution is 0.114. The molecule has 4 unspecified atom stereocenters. The van der Waals surface area contributed by atoms with Crippen molar-refractivity contribution >= 4 is 15.7 Å². The molecule has 1 saturated heterocycles. The molecule has 2 aromatic carbocycles. The van der Waals surface area contributed by atoms with Gasteiger partial charge in [-0.1, -0.05) is 18.2 Å². The minimum absolute atomic E-state index is 0.0385. The van der Waals surface area contributed by atoms with Gasteiger partial charge in [-0.2, -0.15) is 0 Å². The monoisotopic (exact) mass is 470 g/mol. The summed E-state index contributed by atoms with van der Waals surface area (Å²) in [7, 11) is -0.336. The van der Waals surface area contributed by atoms with Crippen LogP contribution in [0.25, 0.3) is 0 Å². The van der Waals surface area contributed by atoms with Crippen molar-refractivity contribution in [3.8, 4) is 11.5 Å². The third kappa shape index (κ3) is 4.23. The number of rotatable bonds is 7. The summed E-state index contributed by atoms with van der Waals surface area (Å²) in [5, 5.41) is 3.66. The Hall–Kier alpha value is -2.55. The van der Waals surface area contributed by atoms with Crippen LogP contribution in [-0.4, -0.2) is 41.9 Å². The number of allylic oxidation sites excluding steroid dienone is 2. The van der Waals surface area contributed by atoms with E-state index in [9.17, 15) is 8.42 Å². The van der Waals surface area contributed by atoms with Gasteiger partial charge in [-0.15, -0.1) is 0 Å². The number of hydrogen-bond donors (Lipinski definition) is 2. The van der Waals surface area contributed by atoms with Crippen LogP contribution in [-0.2, 0) is 14.8 Å². The highest BCUT2D eigenvalue weighted by atomic mass is 32.2. The van der Waals surface area contributed by atoms with Gasteiger partial charge >= 0.3 is 0 Å². The standard InChI is InChI=1S/C25H30N2O5S/c1-30-23-11-8-16(13-24(23)31-2)25-20-7-3-6-19(20)21-14-18(9-10-22(21)27-25)33(28,29)26-15-17-5-4-12-32-17/h3,6,8-11,13-14,17,19-20,25-27H,4-5,7,12,15H2,1-2H3. The highest BCUT2D eigenvalue weighted by Crippen LogP contribution is 2.50. The van der Waals surface area contributed by atoms with E-state index in [0.717, 1.165) is 36.1 Å². The molecule has 1 aliphatic carbocycles. The maximum atomic E-state index is 13.0. The number of nitrogens with one attached hydrogen (secondary N) is 2. The van der Waals surface area contributed by atoms with Crippen molar-refractivity contribution in [2.75, 3.05) is 32.7 Å². The number of sulfonamides is 1. The van der Waals surface area contributed by atoms with Crippen molar-refractivity contribution in [1.29, 1.82) is 0 Å². The molecule has 5 rings (SSSR count). The van der Waals surface area contributed by atoms with Gasteiger partial charge in [-0.3, -0.25) is 0 Å². The number of anilines is 1. The van der Waals surface area contributed by atoms with E-state index < -0.39 is 10.0 Å². The lowest BCUT2D eigenvalue weighted by Crippen LogP contribution is -2.32. The highest BCUT2D eigenvalue weighted by molar-refractivity contribution is 7.89.